The van der Waals surface area contributed by atoms with Gasteiger partial charge < -0.3 is 9.30 Å². The molecule has 0 saturated heterocycles. The zero-order chi connectivity index (χ0) is 14.7. The molecule has 1 aromatic heterocycles. The molecular formula is C17H20N2O2. The number of aromatic nitrogens is 2. The minimum atomic E-state index is -0.276. The molecule has 4 heteroatoms. The number of esters is 1. The number of ether oxygens (including phenoxy) is 1. The fourth-order valence-corrected chi connectivity index (χ4v) is 2.59. The van der Waals surface area contributed by atoms with E-state index in [1.54, 1.807) is 12.5 Å². The van der Waals surface area contributed by atoms with Crippen LogP contribution in [-0.2, 0) is 4.74 Å². The highest BCUT2D eigenvalue weighted by atomic mass is 16.5. The van der Waals surface area contributed by atoms with Gasteiger partial charge in [-0.1, -0.05) is 36.8 Å². The monoisotopic (exact) mass is 284 g/mol. The van der Waals surface area contributed by atoms with E-state index in [-0.39, 0.29) is 12.0 Å². The van der Waals surface area contributed by atoms with E-state index in [2.05, 4.69) is 11.9 Å². The molecule has 0 aliphatic heterocycles. The first kappa shape index (κ1) is 13.9. The molecule has 1 atom stereocenters. The van der Waals surface area contributed by atoms with Gasteiger partial charge in [-0.2, -0.15) is 0 Å². The summed E-state index contributed by atoms with van der Waals surface area (Å²) in [7, 11) is 0. The second-order valence-electron chi connectivity index (χ2n) is 5.67. The third-order valence-corrected chi connectivity index (χ3v) is 4.25. The minimum absolute atomic E-state index is 0.0555. The van der Waals surface area contributed by atoms with E-state index in [0.29, 0.717) is 18.2 Å². The summed E-state index contributed by atoms with van der Waals surface area (Å²) in [4.78, 5) is 16.3. The van der Waals surface area contributed by atoms with Crippen LogP contribution in [-0.4, -0.2) is 22.1 Å². The Balaban J connectivity index is 1.72. The lowest BCUT2D eigenvalue weighted by Crippen LogP contribution is -2.22. The Hall–Kier alpha value is -2.10. The van der Waals surface area contributed by atoms with E-state index in [9.17, 15) is 4.79 Å². The number of benzene rings is 1. The molecule has 1 heterocycles. The van der Waals surface area contributed by atoms with Crippen LogP contribution in [0.3, 0.4) is 0 Å². The highest BCUT2D eigenvalue weighted by molar-refractivity contribution is 5.87. The zero-order valence-corrected chi connectivity index (χ0v) is 12.2. The van der Waals surface area contributed by atoms with E-state index in [1.807, 2.05) is 34.9 Å². The lowest BCUT2D eigenvalue weighted by molar-refractivity contribution is 0.0358. The molecule has 0 N–H and O–H groups in total. The number of carbonyl (C=O) groups is 1. The van der Waals surface area contributed by atoms with Gasteiger partial charge in [-0.05, 0) is 31.2 Å². The van der Waals surface area contributed by atoms with Gasteiger partial charge in [0.25, 0.3) is 0 Å². The molecular weight excluding hydrogens is 264 g/mol. The van der Waals surface area contributed by atoms with Crippen molar-refractivity contribution in [2.75, 3.05) is 6.61 Å². The van der Waals surface area contributed by atoms with Crippen molar-refractivity contribution in [3.63, 3.8) is 0 Å². The summed E-state index contributed by atoms with van der Waals surface area (Å²) in [5.41, 5.74) is 1.66. The van der Waals surface area contributed by atoms with Crippen LogP contribution in [0.4, 0.5) is 0 Å². The van der Waals surface area contributed by atoms with Crippen LogP contribution in [0.2, 0.25) is 0 Å². The second kappa shape index (κ2) is 6.12. The smallest absolute Gasteiger partial charge is 0.356 e. The Labute approximate surface area is 124 Å². The van der Waals surface area contributed by atoms with Gasteiger partial charge in [0.2, 0.25) is 0 Å². The molecule has 1 aliphatic carbocycles. The van der Waals surface area contributed by atoms with Crippen LogP contribution in [0.5, 0.6) is 0 Å². The van der Waals surface area contributed by atoms with Crippen molar-refractivity contribution in [1.82, 2.24) is 9.55 Å². The van der Waals surface area contributed by atoms with E-state index < -0.39 is 0 Å². The summed E-state index contributed by atoms with van der Waals surface area (Å²) >= 11 is 0. The number of imidazole rings is 1. The van der Waals surface area contributed by atoms with Crippen LogP contribution < -0.4 is 0 Å². The van der Waals surface area contributed by atoms with Crippen LogP contribution >= 0.6 is 0 Å². The quantitative estimate of drug-likeness (QED) is 0.790. The number of carbonyl (C=O) groups excluding carboxylic acids is 1. The van der Waals surface area contributed by atoms with Gasteiger partial charge in [-0.25, -0.2) is 9.78 Å². The minimum Gasteiger partial charge on any atom is -0.461 e. The number of hydrogen-bond acceptors (Lipinski definition) is 3. The largest absolute Gasteiger partial charge is 0.461 e. The fourth-order valence-electron chi connectivity index (χ4n) is 2.59. The summed E-state index contributed by atoms with van der Waals surface area (Å²) in [5, 5.41) is 0. The Kier molecular flexibility index (Phi) is 4.04. The molecule has 0 bridgehead atoms. The lowest BCUT2D eigenvalue weighted by atomic mass is 9.86. The van der Waals surface area contributed by atoms with Gasteiger partial charge in [-0.3, -0.25) is 0 Å². The molecule has 0 amide bonds. The molecule has 1 aliphatic rings. The van der Waals surface area contributed by atoms with Crippen molar-refractivity contribution in [3.05, 3.63) is 54.1 Å². The zero-order valence-electron chi connectivity index (χ0n) is 12.2. The first-order valence-electron chi connectivity index (χ1n) is 7.49. The topological polar surface area (TPSA) is 44.1 Å². The van der Waals surface area contributed by atoms with Crippen molar-refractivity contribution in [1.29, 1.82) is 0 Å². The molecule has 1 aromatic carbocycles. The van der Waals surface area contributed by atoms with Gasteiger partial charge in [0.05, 0.1) is 25.2 Å². The molecule has 1 saturated carbocycles. The Morgan fingerprint density at radius 1 is 1.38 bits per heavy atom. The number of nitrogens with zero attached hydrogens (tertiary/aromatic N) is 2. The molecule has 0 spiro atoms. The number of rotatable bonds is 5. The first-order valence-corrected chi connectivity index (χ1v) is 7.49. The van der Waals surface area contributed by atoms with Crippen LogP contribution in [0.25, 0.3) is 0 Å². The normalized spacial score (nSPS) is 16.2. The van der Waals surface area contributed by atoms with Gasteiger partial charge in [0.15, 0.2) is 0 Å². The molecule has 1 fully saturated rings. The lowest BCUT2D eigenvalue weighted by Gasteiger charge is -2.24. The second-order valence-corrected chi connectivity index (χ2v) is 5.67. The van der Waals surface area contributed by atoms with Crippen LogP contribution in [0.15, 0.2) is 42.9 Å². The van der Waals surface area contributed by atoms with Crippen molar-refractivity contribution >= 4 is 5.97 Å². The van der Waals surface area contributed by atoms with Crippen LogP contribution in [0.1, 0.15) is 48.3 Å². The summed E-state index contributed by atoms with van der Waals surface area (Å²) < 4.78 is 7.29. The maximum atomic E-state index is 12.2. The molecule has 110 valence electrons. The fraction of sp³-hybridized carbons (Fsp3) is 0.412. The third-order valence-electron chi connectivity index (χ3n) is 4.25. The first-order chi connectivity index (χ1) is 10.3. The molecule has 0 radical (unpaired) electrons. The van der Waals surface area contributed by atoms with E-state index in [1.165, 1.54) is 19.3 Å². The maximum absolute atomic E-state index is 12.2. The Morgan fingerprint density at radius 3 is 2.81 bits per heavy atom. The van der Waals surface area contributed by atoms with Crippen molar-refractivity contribution in [3.8, 4) is 0 Å². The summed E-state index contributed by atoms with van der Waals surface area (Å²) in [6.45, 7) is 2.59. The summed E-state index contributed by atoms with van der Waals surface area (Å²) in [6.07, 6.45) is 6.88. The molecule has 21 heavy (non-hydrogen) atoms. The van der Waals surface area contributed by atoms with E-state index in [0.717, 1.165) is 5.56 Å². The summed E-state index contributed by atoms with van der Waals surface area (Å²) in [5.74, 6) is 0.277. The SMILES string of the molecule is CC(c1ccccc1)n1cncc1C(=O)OCC1CCC1. The predicted octanol–water partition coefficient (Wildman–Crippen LogP) is 3.45. The van der Waals surface area contributed by atoms with Gasteiger partial charge >= 0.3 is 5.97 Å². The van der Waals surface area contributed by atoms with Gasteiger partial charge in [0.1, 0.15) is 5.69 Å². The Bertz CT molecular complexity index is 602. The van der Waals surface area contributed by atoms with E-state index in [4.69, 9.17) is 4.74 Å². The maximum Gasteiger partial charge on any atom is 0.356 e. The molecule has 2 aromatic rings. The van der Waals surface area contributed by atoms with Gasteiger partial charge in [-0.15, -0.1) is 0 Å². The van der Waals surface area contributed by atoms with E-state index >= 15 is 0 Å². The van der Waals surface area contributed by atoms with Crippen molar-refractivity contribution in [2.45, 2.75) is 32.2 Å². The van der Waals surface area contributed by atoms with Gasteiger partial charge in [0, 0.05) is 0 Å². The standard InChI is InChI=1S/C17H20N2O2/c1-13(15-8-3-2-4-9-15)19-12-18-10-16(19)17(20)21-11-14-6-5-7-14/h2-4,8-10,12-14H,5-7,11H2,1H3. The van der Waals surface area contributed by atoms with Crippen LogP contribution in [0, 0.1) is 5.92 Å². The highest BCUT2D eigenvalue weighted by Crippen LogP contribution is 2.27. The Morgan fingerprint density at radius 2 is 2.14 bits per heavy atom. The molecule has 1 unspecified atom stereocenters. The molecule has 4 nitrogen and oxygen atoms in total. The highest BCUT2D eigenvalue weighted by Gasteiger charge is 2.22. The average Bonchev–Trinajstić information content (AvgIpc) is 2.95. The van der Waals surface area contributed by atoms with Crippen molar-refractivity contribution in [2.24, 2.45) is 5.92 Å². The predicted molar refractivity (Wildman–Crippen MR) is 80.1 cm³/mol. The molecule has 3 rings (SSSR count). The summed E-state index contributed by atoms with van der Waals surface area (Å²) in [6, 6.07) is 10.1. The third kappa shape index (κ3) is 2.99. The average molecular weight is 284 g/mol. The van der Waals surface area contributed by atoms with Crippen molar-refractivity contribution < 1.29 is 9.53 Å². The number of hydrogen-bond donors (Lipinski definition) is 0.